The van der Waals surface area contributed by atoms with E-state index in [0.717, 1.165) is 22.4 Å². The molecule has 0 fully saturated rings. The number of aromatic amines is 2. The number of rotatable bonds is 0. The topological polar surface area (TPSA) is 82.2 Å². The molecule has 0 amide bonds. The van der Waals surface area contributed by atoms with Crippen LogP contribution in [0.2, 0.25) is 0 Å². The largest absolute Gasteiger partial charge is 0.456 e. The molecule has 4 N–H and O–H groups in total. The number of H-pyrrole nitrogens is 2. The van der Waals surface area contributed by atoms with E-state index in [4.69, 9.17) is 10.5 Å². The molecule has 2 aromatic carbocycles. The van der Waals surface area contributed by atoms with Gasteiger partial charge in [0.25, 0.3) is 0 Å². The molecule has 5 nitrogen and oxygen atoms in total. The van der Waals surface area contributed by atoms with Crippen molar-refractivity contribution in [3.63, 3.8) is 0 Å². The van der Waals surface area contributed by atoms with Crippen molar-refractivity contribution >= 4 is 16.5 Å². The first-order valence-corrected chi connectivity index (χ1v) is 5.88. The number of ether oxygens (including phenoxy) is 1. The molecule has 0 spiro atoms. The monoisotopic (exact) mass is 252 g/mol. The van der Waals surface area contributed by atoms with Crippen molar-refractivity contribution < 1.29 is 9.84 Å². The molecule has 0 bridgehead atoms. The second-order valence-electron chi connectivity index (χ2n) is 4.49. The summed E-state index contributed by atoms with van der Waals surface area (Å²) in [6.45, 7) is 0. The number of anilines is 1. The van der Waals surface area contributed by atoms with E-state index in [-0.39, 0.29) is 5.56 Å². The maximum absolute atomic E-state index is 11.8. The van der Waals surface area contributed by atoms with Crippen LogP contribution in [0.1, 0.15) is 0 Å². The van der Waals surface area contributed by atoms with Crippen molar-refractivity contribution in [2.75, 3.05) is 5.73 Å². The summed E-state index contributed by atoms with van der Waals surface area (Å²) < 4.78 is 5.83. The molecule has 19 heavy (non-hydrogen) atoms. The number of nitrogens with two attached hydrogens (primary N) is 1. The van der Waals surface area contributed by atoms with Gasteiger partial charge in [-0.15, -0.1) is 10.2 Å². The standard InChI is InChI=1S/C14H9N3O2/c15-7-4-5-10-9(6-7)13-12-8(14(18)17-16-13)2-1-3-11(12)19-10/h1-6H,15H2,(H,17,18)/p+1. The van der Waals surface area contributed by atoms with Gasteiger partial charge in [-0.25, -0.2) is 0 Å². The second kappa shape index (κ2) is 3.35. The van der Waals surface area contributed by atoms with Crippen LogP contribution in [0.4, 0.5) is 5.69 Å². The van der Waals surface area contributed by atoms with E-state index in [1.807, 2.05) is 18.2 Å². The number of aromatic nitrogens is 2. The van der Waals surface area contributed by atoms with Crippen LogP contribution in [0.25, 0.3) is 22.0 Å². The third-order valence-electron chi connectivity index (χ3n) is 3.31. The zero-order chi connectivity index (χ0) is 13.0. The van der Waals surface area contributed by atoms with E-state index in [0.29, 0.717) is 16.8 Å². The van der Waals surface area contributed by atoms with Crippen molar-refractivity contribution in [3.8, 4) is 22.8 Å². The van der Waals surface area contributed by atoms with Crippen LogP contribution in [0.15, 0.2) is 41.2 Å². The number of nitrogen functional groups attached to an aromatic ring is 1. The zero-order valence-electron chi connectivity index (χ0n) is 9.86. The van der Waals surface area contributed by atoms with E-state index < -0.39 is 0 Å². The minimum Gasteiger partial charge on any atom is -0.456 e. The zero-order valence-corrected chi connectivity index (χ0v) is 9.86. The predicted molar refractivity (Wildman–Crippen MR) is 71.0 cm³/mol. The third kappa shape index (κ3) is 1.29. The fraction of sp³-hybridized carbons (Fsp3) is 0. The van der Waals surface area contributed by atoms with E-state index in [1.165, 1.54) is 0 Å². The van der Waals surface area contributed by atoms with Crippen LogP contribution in [0.5, 0.6) is 11.5 Å². The molecule has 92 valence electrons. The molecule has 1 aliphatic rings. The summed E-state index contributed by atoms with van der Waals surface area (Å²) in [5.74, 6) is 1.39. The first-order chi connectivity index (χ1) is 9.24. The van der Waals surface area contributed by atoms with Gasteiger partial charge in [0.1, 0.15) is 16.9 Å². The lowest BCUT2D eigenvalue weighted by atomic mass is 10.0. The highest BCUT2D eigenvalue weighted by Crippen LogP contribution is 2.43. The molecular formula is C14H10N3O2+. The smallest absolute Gasteiger partial charge is 0.305 e. The fourth-order valence-electron chi connectivity index (χ4n) is 2.46. The number of fused-ring (bicyclic) bond motifs is 2. The third-order valence-corrected chi connectivity index (χ3v) is 3.31. The fourth-order valence-corrected chi connectivity index (χ4v) is 2.46. The van der Waals surface area contributed by atoms with Crippen LogP contribution in [0.3, 0.4) is 0 Å². The van der Waals surface area contributed by atoms with Crippen LogP contribution in [-0.2, 0) is 0 Å². The Labute approximate surface area is 107 Å². The minimum absolute atomic E-state index is 0.170. The van der Waals surface area contributed by atoms with E-state index >= 15 is 0 Å². The first-order valence-electron chi connectivity index (χ1n) is 5.88. The summed E-state index contributed by atoms with van der Waals surface area (Å²) in [6.07, 6.45) is 0. The van der Waals surface area contributed by atoms with Crippen molar-refractivity contribution in [2.24, 2.45) is 0 Å². The van der Waals surface area contributed by atoms with Crippen molar-refractivity contribution in [1.82, 2.24) is 5.10 Å². The Morgan fingerprint density at radius 2 is 2.05 bits per heavy atom. The van der Waals surface area contributed by atoms with Gasteiger partial charge in [-0.2, -0.15) is 0 Å². The SMILES string of the molecule is Nc1ccc2c(c1)-c1[nH+][nH]c(=O)c3cccc(c13)O2. The molecule has 2 heterocycles. The lowest BCUT2D eigenvalue weighted by molar-refractivity contribution is -0.443. The summed E-state index contributed by atoms with van der Waals surface area (Å²) >= 11 is 0. The van der Waals surface area contributed by atoms with Gasteiger partial charge in [0.15, 0.2) is 0 Å². The van der Waals surface area contributed by atoms with Crippen molar-refractivity contribution in [3.05, 3.63) is 46.8 Å². The van der Waals surface area contributed by atoms with Crippen molar-refractivity contribution in [2.45, 2.75) is 0 Å². The van der Waals surface area contributed by atoms with Gasteiger partial charge in [-0.1, -0.05) is 6.07 Å². The maximum atomic E-state index is 11.8. The van der Waals surface area contributed by atoms with Crippen LogP contribution in [0, 0.1) is 0 Å². The lowest BCUT2D eigenvalue weighted by Gasteiger charge is -2.16. The average Bonchev–Trinajstić information content (AvgIpc) is 2.42. The first kappa shape index (κ1) is 10.1. The van der Waals surface area contributed by atoms with Gasteiger partial charge in [-0.05, 0) is 30.3 Å². The molecule has 1 aromatic heterocycles. The highest BCUT2D eigenvalue weighted by atomic mass is 16.5. The van der Waals surface area contributed by atoms with Crippen molar-refractivity contribution in [1.29, 1.82) is 0 Å². The number of benzene rings is 2. The lowest BCUT2D eigenvalue weighted by Crippen LogP contribution is -2.25. The van der Waals surface area contributed by atoms with Gasteiger partial charge < -0.3 is 10.5 Å². The molecule has 0 unspecified atom stereocenters. The van der Waals surface area contributed by atoms with Crippen LogP contribution < -0.4 is 21.1 Å². The maximum Gasteiger partial charge on any atom is 0.305 e. The predicted octanol–water partition coefficient (Wildman–Crippen LogP) is 1.70. The minimum atomic E-state index is -0.170. The molecule has 0 radical (unpaired) electrons. The Morgan fingerprint density at radius 1 is 1.16 bits per heavy atom. The molecule has 3 aromatic rings. The van der Waals surface area contributed by atoms with E-state index in [9.17, 15) is 4.79 Å². The summed E-state index contributed by atoms with van der Waals surface area (Å²) in [6, 6.07) is 10.9. The normalized spacial score (nSPS) is 12.0. The second-order valence-corrected chi connectivity index (χ2v) is 4.49. The molecule has 0 saturated carbocycles. The molecule has 0 aliphatic carbocycles. The van der Waals surface area contributed by atoms with Crippen LogP contribution in [-0.4, -0.2) is 5.10 Å². The number of nitrogens with one attached hydrogen (secondary N) is 2. The molecule has 5 heteroatoms. The molecule has 1 aliphatic heterocycles. The Kier molecular flexibility index (Phi) is 1.79. The summed E-state index contributed by atoms with van der Waals surface area (Å²) in [7, 11) is 0. The van der Waals surface area contributed by atoms with Crippen LogP contribution >= 0.6 is 0 Å². The number of hydrogen-bond acceptors (Lipinski definition) is 3. The molecular weight excluding hydrogens is 242 g/mol. The molecule has 0 atom stereocenters. The number of hydrogen-bond donors (Lipinski definition) is 2. The van der Waals surface area contributed by atoms with E-state index in [1.54, 1.807) is 18.2 Å². The van der Waals surface area contributed by atoms with Gasteiger partial charge in [0.05, 0.1) is 10.9 Å². The summed E-state index contributed by atoms with van der Waals surface area (Å²) in [5.41, 5.74) is 7.96. The highest BCUT2D eigenvalue weighted by Gasteiger charge is 2.26. The van der Waals surface area contributed by atoms with E-state index in [2.05, 4.69) is 10.2 Å². The molecule has 4 rings (SSSR count). The Bertz CT molecular complexity index is 883. The summed E-state index contributed by atoms with van der Waals surface area (Å²) in [4.78, 5) is 11.8. The Balaban J connectivity index is 2.22. The van der Waals surface area contributed by atoms with Gasteiger partial charge in [0, 0.05) is 5.69 Å². The Hall–Kier alpha value is -2.82. The summed E-state index contributed by atoms with van der Waals surface area (Å²) in [5, 5.41) is 6.95. The Morgan fingerprint density at radius 3 is 2.95 bits per heavy atom. The van der Waals surface area contributed by atoms with Gasteiger partial charge in [0.2, 0.25) is 5.69 Å². The highest BCUT2D eigenvalue weighted by molar-refractivity contribution is 6.00. The van der Waals surface area contributed by atoms with Gasteiger partial charge in [-0.3, -0.25) is 4.79 Å². The average molecular weight is 252 g/mol. The quantitative estimate of drug-likeness (QED) is 0.467. The molecule has 0 saturated heterocycles. The van der Waals surface area contributed by atoms with Gasteiger partial charge >= 0.3 is 5.56 Å².